The monoisotopic (exact) mass is 604 g/mol. The van der Waals surface area contributed by atoms with E-state index in [0.717, 1.165) is 72.8 Å². The third-order valence-corrected chi connectivity index (χ3v) is 8.25. The Kier molecular flexibility index (Phi) is 8.03. The third-order valence-electron chi connectivity index (χ3n) is 8.25. The van der Waals surface area contributed by atoms with Gasteiger partial charge in [0.15, 0.2) is 0 Å². The molecule has 1 aliphatic carbocycles. The summed E-state index contributed by atoms with van der Waals surface area (Å²) >= 11 is 0. The van der Waals surface area contributed by atoms with Crippen molar-refractivity contribution in [3.63, 3.8) is 0 Å². The van der Waals surface area contributed by atoms with Gasteiger partial charge in [-0.15, -0.1) is 6.42 Å². The van der Waals surface area contributed by atoms with Gasteiger partial charge in [0.1, 0.15) is 0 Å². The summed E-state index contributed by atoms with van der Waals surface area (Å²) in [6, 6.07) is 41.4. The molecular formula is C43H32N4. The second-order valence-electron chi connectivity index (χ2n) is 11.2. The number of pyridine rings is 1. The Bertz CT molecular complexity index is 2280. The zero-order valence-corrected chi connectivity index (χ0v) is 26.0. The normalized spacial score (nSPS) is 13.7. The highest BCUT2D eigenvalue weighted by Gasteiger charge is 2.25. The quantitative estimate of drug-likeness (QED) is 0.141. The highest BCUT2D eigenvalue weighted by molar-refractivity contribution is 6.32. The number of fused-ring (bicyclic) bond motifs is 3. The molecule has 4 aromatic carbocycles. The molecule has 0 spiro atoms. The van der Waals surface area contributed by atoms with Crippen LogP contribution in [0.1, 0.15) is 23.9 Å². The molecule has 0 fully saturated rings. The minimum Gasteiger partial charge on any atom is -0.361 e. The van der Waals surface area contributed by atoms with Crippen LogP contribution in [0.4, 0.5) is 5.69 Å². The van der Waals surface area contributed by atoms with E-state index in [4.69, 9.17) is 16.8 Å². The van der Waals surface area contributed by atoms with E-state index < -0.39 is 0 Å². The van der Waals surface area contributed by atoms with E-state index in [0.29, 0.717) is 5.71 Å². The van der Waals surface area contributed by atoms with E-state index in [2.05, 4.69) is 76.5 Å². The van der Waals surface area contributed by atoms with Gasteiger partial charge in [-0.05, 0) is 78.7 Å². The first kappa shape index (κ1) is 29.3. The van der Waals surface area contributed by atoms with Crippen LogP contribution in [-0.4, -0.2) is 15.3 Å². The van der Waals surface area contributed by atoms with Crippen molar-refractivity contribution in [3.8, 4) is 40.4 Å². The smallest absolute Gasteiger partial charge is 0.0722 e. The van der Waals surface area contributed by atoms with Crippen LogP contribution in [0.25, 0.3) is 56.2 Å². The van der Waals surface area contributed by atoms with E-state index in [-0.39, 0.29) is 0 Å². The summed E-state index contributed by atoms with van der Waals surface area (Å²) in [5.74, 6) is 2.68. The van der Waals surface area contributed by atoms with Crippen LogP contribution < -0.4 is 5.32 Å². The minimum absolute atomic E-state index is 0.444. The molecule has 0 saturated carbocycles. The van der Waals surface area contributed by atoms with Crippen molar-refractivity contribution in [2.75, 3.05) is 5.32 Å². The zero-order valence-electron chi connectivity index (χ0n) is 26.0. The molecule has 1 aliphatic rings. The predicted molar refractivity (Wildman–Crippen MR) is 198 cm³/mol. The van der Waals surface area contributed by atoms with Crippen LogP contribution in [0.5, 0.6) is 0 Å². The van der Waals surface area contributed by atoms with Gasteiger partial charge in [0.05, 0.1) is 28.3 Å². The van der Waals surface area contributed by atoms with Crippen molar-refractivity contribution in [2.24, 2.45) is 0 Å². The van der Waals surface area contributed by atoms with Gasteiger partial charge in [0, 0.05) is 45.2 Å². The second-order valence-corrected chi connectivity index (χ2v) is 11.2. The Labute approximate surface area is 275 Å². The van der Waals surface area contributed by atoms with Gasteiger partial charge in [-0.2, -0.15) is 0 Å². The predicted octanol–water partition coefficient (Wildman–Crippen LogP) is 10.5. The summed E-state index contributed by atoms with van der Waals surface area (Å²) in [6.07, 6.45) is 17.3. The Morgan fingerprint density at radius 2 is 1.53 bits per heavy atom. The van der Waals surface area contributed by atoms with Crippen LogP contribution in [-0.2, 0) is 0 Å². The number of nitrogens with one attached hydrogen (secondary N) is 2. The number of para-hydroxylation sites is 2. The lowest BCUT2D eigenvalue weighted by atomic mass is 9.95. The molecule has 2 heterocycles. The van der Waals surface area contributed by atoms with Crippen LogP contribution in [0.3, 0.4) is 0 Å². The fraction of sp³-hybridized carbons (Fsp3) is 0.0233. The first-order chi connectivity index (χ1) is 23.1. The maximum Gasteiger partial charge on any atom is 0.0722 e. The van der Waals surface area contributed by atoms with Crippen LogP contribution in [0.15, 0.2) is 152 Å². The van der Waals surface area contributed by atoms with Crippen molar-refractivity contribution in [2.45, 2.75) is 6.92 Å². The lowest BCUT2D eigenvalue weighted by molar-refractivity contribution is 1.10. The molecule has 47 heavy (non-hydrogen) atoms. The Balaban J connectivity index is 1.45. The number of anilines is 1. The average molecular weight is 605 g/mol. The maximum atomic E-state index is 8.95. The molecule has 4 heteroatoms. The van der Waals surface area contributed by atoms with Gasteiger partial charge in [-0.3, -0.25) is 0 Å². The summed E-state index contributed by atoms with van der Waals surface area (Å²) in [6.45, 7) is 1.98. The zero-order chi connectivity index (χ0) is 32.2. The topological polar surface area (TPSA) is 53.7 Å². The molecule has 0 unspecified atom stereocenters. The number of nitrogens with zero attached hydrogens (tertiary/aromatic N) is 2. The third kappa shape index (κ3) is 5.75. The molecule has 2 N–H and O–H groups in total. The lowest BCUT2D eigenvalue weighted by Gasteiger charge is -2.17. The van der Waals surface area contributed by atoms with E-state index >= 15 is 0 Å². The molecule has 0 saturated heterocycles. The number of aromatic nitrogens is 2. The number of benzene rings is 4. The SMILES string of the molecule is C#C/C=C(\C=C/C)c1cc(-c2ccccc2)cc(-c2ccc3c(c2)c2c(n3-c3ccccc3)/C(=C/Nc3ccccc3)C(=N)C=C2)n1. The van der Waals surface area contributed by atoms with Crippen LogP contribution >= 0.6 is 0 Å². The van der Waals surface area contributed by atoms with Crippen LogP contribution in [0.2, 0.25) is 0 Å². The van der Waals surface area contributed by atoms with Crippen molar-refractivity contribution >= 4 is 39.5 Å². The van der Waals surface area contributed by atoms with Gasteiger partial charge in [-0.1, -0.05) is 96.9 Å². The first-order valence-electron chi connectivity index (χ1n) is 15.5. The summed E-state index contributed by atoms with van der Waals surface area (Å²) in [4.78, 5) is 5.15. The maximum absolute atomic E-state index is 8.95. The Morgan fingerprint density at radius 1 is 0.809 bits per heavy atom. The average Bonchev–Trinajstić information content (AvgIpc) is 3.46. The number of hydrogen-bond acceptors (Lipinski definition) is 3. The summed E-state index contributed by atoms with van der Waals surface area (Å²) in [5, 5.41) is 13.4. The summed E-state index contributed by atoms with van der Waals surface area (Å²) in [7, 11) is 0. The number of terminal acetylenes is 1. The van der Waals surface area contributed by atoms with E-state index in [1.54, 1.807) is 6.08 Å². The van der Waals surface area contributed by atoms with Crippen molar-refractivity contribution in [3.05, 3.63) is 169 Å². The molecular weight excluding hydrogens is 573 g/mol. The van der Waals surface area contributed by atoms with Crippen molar-refractivity contribution in [1.29, 1.82) is 5.41 Å². The minimum atomic E-state index is 0.444. The molecule has 0 amide bonds. The number of hydrogen-bond donors (Lipinski definition) is 2. The number of rotatable bonds is 7. The molecule has 0 bridgehead atoms. The Hall–Kier alpha value is -6.44. The summed E-state index contributed by atoms with van der Waals surface area (Å²) < 4.78 is 2.25. The molecule has 7 rings (SSSR count). The Morgan fingerprint density at radius 3 is 2.26 bits per heavy atom. The van der Waals surface area contributed by atoms with Gasteiger partial charge < -0.3 is 15.3 Å². The fourth-order valence-electron chi connectivity index (χ4n) is 6.07. The molecule has 224 valence electrons. The largest absolute Gasteiger partial charge is 0.361 e. The number of allylic oxidation sites excluding steroid dienone is 6. The van der Waals surface area contributed by atoms with Gasteiger partial charge in [0.25, 0.3) is 0 Å². The first-order valence-corrected chi connectivity index (χ1v) is 15.5. The molecule has 4 nitrogen and oxygen atoms in total. The molecule has 0 atom stereocenters. The molecule has 2 aromatic heterocycles. The highest BCUT2D eigenvalue weighted by Crippen LogP contribution is 2.40. The molecule has 0 radical (unpaired) electrons. The van der Waals surface area contributed by atoms with Gasteiger partial charge in [0.2, 0.25) is 0 Å². The molecule has 0 aliphatic heterocycles. The standard InChI is InChI=1S/C43H32N4/c1-3-14-31(15-4-2)40-27-33(30-16-8-5-9-17-30)28-41(46-40)32-22-25-42-37(26-32)36-23-24-39(44)38(29-45-34-18-10-6-11-19-34)43(36)47(42)35-20-12-7-13-21-35/h1,4-29,44-45H,2H3/b15-4-,31-14+,38-29+,44-39?. The van der Waals surface area contributed by atoms with Gasteiger partial charge >= 0.3 is 0 Å². The lowest BCUT2D eigenvalue weighted by Crippen LogP contribution is -2.10. The van der Waals surface area contributed by atoms with E-state index in [1.807, 2.05) is 98.1 Å². The summed E-state index contributed by atoms with van der Waals surface area (Å²) in [5.41, 5.74) is 12.0. The molecule has 6 aromatic rings. The van der Waals surface area contributed by atoms with E-state index in [1.165, 1.54) is 0 Å². The fourth-order valence-corrected chi connectivity index (χ4v) is 6.07. The van der Waals surface area contributed by atoms with Crippen LogP contribution in [0, 0.1) is 17.8 Å². The van der Waals surface area contributed by atoms with Crippen molar-refractivity contribution in [1.82, 2.24) is 9.55 Å². The second kappa shape index (κ2) is 12.9. The highest BCUT2D eigenvalue weighted by atomic mass is 15.0. The van der Waals surface area contributed by atoms with E-state index in [9.17, 15) is 0 Å². The van der Waals surface area contributed by atoms with Crippen molar-refractivity contribution < 1.29 is 0 Å². The van der Waals surface area contributed by atoms with Gasteiger partial charge in [-0.25, -0.2) is 4.98 Å².